The van der Waals surface area contributed by atoms with E-state index in [9.17, 15) is 13.2 Å². The van der Waals surface area contributed by atoms with E-state index in [-0.39, 0.29) is 17.7 Å². The van der Waals surface area contributed by atoms with Crippen molar-refractivity contribution in [1.29, 1.82) is 0 Å². The lowest BCUT2D eigenvalue weighted by molar-refractivity contribution is -0.121. The second-order valence-electron chi connectivity index (χ2n) is 3.14. The van der Waals surface area contributed by atoms with Crippen LogP contribution in [0, 0.1) is 0 Å². The molecule has 1 aliphatic rings. The molecule has 1 aliphatic heterocycles. The van der Waals surface area contributed by atoms with Gasteiger partial charge < -0.3 is 5.32 Å². The summed E-state index contributed by atoms with van der Waals surface area (Å²) >= 11 is 0. The summed E-state index contributed by atoms with van der Waals surface area (Å²) in [4.78, 5) is 11.2. The molecule has 0 bridgehead atoms. The summed E-state index contributed by atoms with van der Waals surface area (Å²) in [6, 6.07) is -0.245. The third-order valence-electron chi connectivity index (χ3n) is 1.97. The van der Waals surface area contributed by atoms with E-state index in [0.717, 1.165) is 0 Å². The van der Waals surface area contributed by atoms with Gasteiger partial charge in [-0.25, -0.2) is 8.42 Å². The Balaban J connectivity index is 2.94. The Kier molecular flexibility index (Phi) is 2.41. The summed E-state index contributed by atoms with van der Waals surface area (Å²) in [5.41, 5.74) is 0. The van der Waals surface area contributed by atoms with E-state index < -0.39 is 15.1 Å². The first-order chi connectivity index (χ1) is 5.47. The smallest absolute Gasteiger partial charge is 0.238 e. The highest BCUT2D eigenvalue weighted by atomic mass is 32.2. The van der Waals surface area contributed by atoms with Crippen LogP contribution in [0.1, 0.15) is 20.3 Å². The standard InChI is InChI=1S/C7H13NO3S/c1-3-6-7(9)8-5(2)4-12(6,10)11/h5-6H,3-4H2,1-2H3,(H,8,9). The first-order valence-electron chi connectivity index (χ1n) is 3.99. The van der Waals surface area contributed by atoms with Gasteiger partial charge in [0, 0.05) is 6.04 Å². The highest BCUT2D eigenvalue weighted by molar-refractivity contribution is 7.92. The van der Waals surface area contributed by atoms with Crippen molar-refractivity contribution in [2.75, 3.05) is 5.75 Å². The molecule has 1 saturated heterocycles. The predicted molar refractivity (Wildman–Crippen MR) is 45.5 cm³/mol. The summed E-state index contributed by atoms with van der Waals surface area (Å²) in [5.74, 6) is -0.284. The van der Waals surface area contributed by atoms with Gasteiger partial charge in [0.25, 0.3) is 0 Å². The number of carbonyl (C=O) groups excluding carboxylic acids is 1. The van der Waals surface area contributed by atoms with E-state index >= 15 is 0 Å². The van der Waals surface area contributed by atoms with Crippen LogP contribution in [0.15, 0.2) is 0 Å². The SMILES string of the molecule is CCC1C(=O)NC(C)CS1(=O)=O. The molecule has 0 aromatic rings. The molecule has 1 N–H and O–H groups in total. The van der Waals surface area contributed by atoms with Gasteiger partial charge in [-0.3, -0.25) is 4.79 Å². The molecule has 2 atom stereocenters. The highest BCUT2D eigenvalue weighted by Crippen LogP contribution is 2.13. The van der Waals surface area contributed by atoms with Gasteiger partial charge in [0.2, 0.25) is 5.91 Å². The Labute approximate surface area is 72.3 Å². The third-order valence-corrected chi connectivity index (χ3v) is 4.35. The fourth-order valence-electron chi connectivity index (χ4n) is 1.44. The molecule has 0 aromatic heterocycles. The van der Waals surface area contributed by atoms with Crippen molar-refractivity contribution in [3.63, 3.8) is 0 Å². The van der Waals surface area contributed by atoms with Crippen LogP contribution in [0.5, 0.6) is 0 Å². The summed E-state index contributed by atoms with van der Waals surface area (Å²) < 4.78 is 22.7. The second kappa shape index (κ2) is 3.05. The molecule has 0 aliphatic carbocycles. The number of carbonyl (C=O) groups is 1. The molecule has 12 heavy (non-hydrogen) atoms. The number of hydrogen-bond acceptors (Lipinski definition) is 3. The zero-order chi connectivity index (χ0) is 9.35. The number of rotatable bonds is 1. The number of hydrogen-bond donors (Lipinski definition) is 1. The monoisotopic (exact) mass is 191 g/mol. The lowest BCUT2D eigenvalue weighted by Crippen LogP contribution is -2.53. The maximum Gasteiger partial charge on any atom is 0.238 e. The third kappa shape index (κ3) is 1.60. The minimum absolute atomic E-state index is 0.0667. The molecule has 1 amide bonds. The molecule has 0 aromatic carbocycles. The average Bonchev–Trinajstić information content (AvgIpc) is 1.82. The summed E-state index contributed by atoms with van der Waals surface area (Å²) in [6.07, 6.45) is 0.362. The van der Waals surface area contributed by atoms with Crippen LogP contribution in [-0.2, 0) is 14.6 Å². The van der Waals surface area contributed by atoms with E-state index in [0.29, 0.717) is 6.42 Å². The van der Waals surface area contributed by atoms with Gasteiger partial charge in [-0.05, 0) is 13.3 Å². The first kappa shape index (κ1) is 9.51. The maximum atomic E-state index is 11.4. The molecule has 70 valence electrons. The van der Waals surface area contributed by atoms with E-state index in [1.165, 1.54) is 0 Å². The normalized spacial score (nSPS) is 34.3. The van der Waals surface area contributed by atoms with Gasteiger partial charge in [-0.2, -0.15) is 0 Å². The molecular formula is C7H13NO3S. The largest absolute Gasteiger partial charge is 0.352 e. The Morgan fingerprint density at radius 1 is 1.58 bits per heavy atom. The Morgan fingerprint density at radius 3 is 2.58 bits per heavy atom. The molecule has 0 radical (unpaired) electrons. The zero-order valence-electron chi connectivity index (χ0n) is 7.20. The van der Waals surface area contributed by atoms with Crippen molar-refractivity contribution in [2.24, 2.45) is 0 Å². The summed E-state index contributed by atoms with van der Waals surface area (Å²) in [5, 5.41) is 1.79. The zero-order valence-corrected chi connectivity index (χ0v) is 8.02. The Bertz CT molecular complexity index is 283. The molecule has 4 nitrogen and oxygen atoms in total. The molecule has 0 saturated carbocycles. The van der Waals surface area contributed by atoms with Crippen molar-refractivity contribution in [3.8, 4) is 0 Å². The van der Waals surface area contributed by atoms with Gasteiger partial charge in [-0.1, -0.05) is 6.92 Å². The summed E-state index contributed by atoms with van der Waals surface area (Å²) in [6.45, 7) is 3.40. The molecule has 1 rings (SSSR count). The molecular weight excluding hydrogens is 178 g/mol. The minimum atomic E-state index is -3.18. The van der Waals surface area contributed by atoms with Crippen molar-refractivity contribution < 1.29 is 13.2 Å². The van der Waals surface area contributed by atoms with Gasteiger partial charge in [0.05, 0.1) is 5.75 Å². The van der Waals surface area contributed by atoms with Crippen LogP contribution in [0.25, 0.3) is 0 Å². The van der Waals surface area contributed by atoms with E-state index in [1.54, 1.807) is 13.8 Å². The van der Waals surface area contributed by atoms with Gasteiger partial charge in [0.1, 0.15) is 5.25 Å². The molecule has 1 heterocycles. The van der Waals surface area contributed by atoms with Crippen LogP contribution in [0.2, 0.25) is 0 Å². The average molecular weight is 191 g/mol. The number of amides is 1. The lowest BCUT2D eigenvalue weighted by Gasteiger charge is -2.25. The Morgan fingerprint density at radius 2 is 2.17 bits per heavy atom. The van der Waals surface area contributed by atoms with Crippen LogP contribution in [-0.4, -0.2) is 31.4 Å². The van der Waals surface area contributed by atoms with Crippen LogP contribution in [0.3, 0.4) is 0 Å². The summed E-state index contributed by atoms with van der Waals surface area (Å²) in [7, 11) is -3.18. The number of sulfone groups is 1. The number of nitrogens with one attached hydrogen (secondary N) is 1. The van der Waals surface area contributed by atoms with E-state index in [2.05, 4.69) is 5.32 Å². The van der Waals surface area contributed by atoms with Crippen molar-refractivity contribution in [1.82, 2.24) is 5.32 Å². The lowest BCUT2D eigenvalue weighted by atomic mass is 10.3. The van der Waals surface area contributed by atoms with E-state index in [4.69, 9.17) is 0 Å². The van der Waals surface area contributed by atoms with Gasteiger partial charge in [0.15, 0.2) is 9.84 Å². The maximum absolute atomic E-state index is 11.4. The van der Waals surface area contributed by atoms with Crippen LogP contribution in [0.4, 0.5) is 0 Å². The molecule has 2 unspecified atom stereocenters. The fourth-order valence-corrected chi connectivity index (χ4v) is 3.36. The molecule has 1 fully saturated rings. The minimum Gasteiger partial charge on any atom is -0.352 e. The fraction of sp³-hybridized carbons (Fsp3) is 0.857. The highest BCUT2D eigenvalue weighted by Gasteiger charge is 2.37. The van der Waals surface area contributed by atoms with Gasteiger partial charge in [-0.15, -0.1) is 0 Å². The predicted octanol–water partition coefficient (Wildman–Crippen LogP) is -0.302. The first-order valence-corrected chi connectivity index (χ1v) is 5.71. The van der Waals surface area contributed by atoms with Gasteiger partial charge >= 0.3 is 0 Å². The van der Waals surface area contributed by atoms with Crippen molar-refractivity contribution >= 4 is 15.7 Å². The topological polar surface area (TPSA) is 63.2 Å². The quantitative estimate of drug-likeness (QED) is 0.619. The molecule has 0 spiro atoms. The Hall–Kier alpha value is -0.580. The van der Waals surface area contributed by atoms with Crippen LogP contribution >= 0.6 is 0 Å². The molecule has 5 heteroatoms. The van der Waals surface area contributed by atoms with E-state index in [1.807, 2.05) is 0 Å². The van der Waals surface area contributed by atoms with Crippen molar-refractivity contribution in [3.05, 3.63) is 0 Å². The van der Waals surface area contributed by atoms with Crippen molar-refractivity contribution in [2.45, 2.75) is 31.6 Å². The van der Waals surface area contributed by atoms with Crippen LogP contribution < -0.4 is 5.32 Å². The second-order valence-corrected chi connectivity index (χ2v) is 5.36.